The van der Waals surface area contributed by atoms with Gasteiger partial charge in [0, 0.05) is 11.9 Å². The molecule has 0 aliphatic heterocycles. The summed E-state index contributed by atoms with van der Waals surface area (Å²) < 4.78 is 70.8. The van der Waals surface area contributed by atoms with E-state index < -0.39 is 32.6 Å². The topological polar surface area (TPSA) is 76.6 Å². The number of alkyl halides is 3. The monoisotopic (exact) mass is 450 g/mol. The Labute approximate surface area is 171 Å². The predicted molar refractivity (Wildman–Crippen MR) is 102 cm³/mol. The van der Waals surface area contributed by atoms with Gasteiger partial charge in [-0.05, 0) is 30.5 Å². The van der Waals surface area contributed by atoms with Gasteiger partial charge >= 0.3 is 12.1 Å². The molecule has 160 valence electrons. The van der Waals surface area contributed by atoms with Crippen molar-refractivity contribution >= 4 is 27.3 Å². The molecule has 0 bridgehead atoms. The molecular formula is C18H21F3N2O4S2. The van der Waals surface area contributed by atoms with Crippen LogP contribution in [0.3, 0.4) is 0 Å². The third-order valence-electron chi connectivity index (χ3n) is 4.01. The van der Waals surface area contributed by atoms with Gasteiger partial charge in [0.15, 0.2) is 5.69 Å². The lowest BCUT2D eigenvalue weighted by atomic mass is 10.1. The zero-order valence-corrected chi connectivity index (χ0v) is 17.7. The lowest BCUT2D eigenvalue weighted by Crippen LogP contribution is -2.32. The SMILES string of the molecule is COC(=O)c1csc(CN(CCC(C)C)S(=O)(=O)c2cccc(C(F)(F)F)c2)n1. The van der Waals surface area contributed by atoms with Crippen LogP contribution in [0, 0.1) is 5.92 Å². The number of esters is 1. The number of benzene rings is 1. The van der Waals surface area contributed by atoms with Gasteiger partial charge in [-0.1, -0.05) is 19.9 Å². The average molecular weight is 451 g/mol. The van der Waals surface area contributed by atoms with Crippen LogP contribution in [0.1, 0.15) is 41.3 Å². The Hall–Kier alpha value is -1.98. The van der Waals surface area contributed by atoms with Crippen molar-refractivity contribution in [3.63, 3.8) is 0 Å². The molecule has 0 N–H and O–H groups in total. The van der Waals surface area contributed by atoms with Crippen molar-refractivity contribution in [1.29, 1.82) is 0 Å². The van der Waals surface area contributed by atoms with E-state index in [0.29, 0.717) is 17.5 Å². The predicted octanol–water partition coefficient (Wildman–Crippen LogP) is 4.19. The van der Waals surface area contributed by atoms with E-state index >= 15 is 0 Å². The molecule has 0 unspecified atom stereocenters. The molecule has 1 aromatic carbocycles. The van der Waals surface area contributed by atoms with Crippen LogP contribution >= 0.6 is 11.3 Å². The minimum absolute atomic E-state index is 0.0489. The summed E-state index contributed by atoms with van der Waals surface area (Å²) >= 11 is 1.08. The second-order valence-electron chi connectivity index (χ2n) is 6.66. The Balaban J connectivity index is 2.37. The molecule has 0 amide bonds. The first-order valence-corrected chi connectivity index (χ1v) is 11.0. The minimum atomic E-state index is -4.65. The fourth-order valence-corrected chi connectivity index (χ4v) is 4.72. The summed E-state index contributed by atoms with van der Waals surface area (Å²) in [6.07, 6.45) is -4.15. The van der Waals surface area contributed by atoms with Gasteiger partial charge in [0.2, 0.25) is 10.0 Å². The maximum Gasteiger partial charge on any atom is 0.416 e. The summed E-state index contributed by atoms with van der Waals surface area (Å²) in [5.41, 5.74) is -0.989. The number of halogens is 3. The van der Waals surface area contributed by atoms with E-state index in [9.17, 15) is 26.4 Å². The third kappa shape index (κ3) is 6.00. The molecule has 0 aliphatic carbocycles. The zero-order chi connectivity index (χ0) is 21.8. The summed E-state index contributed by atoms with van der Waals surface area (Å²) in [6, 6.07) is 3.64. The van der Waals surface area contributed by atoms with Crippen molar-refractivity contribution in [2.24, 2.45) is 5.92 Å². The Morgan fingerprint density at radius 3 is 2.59 bits per heavy atom. The molecule has 0 aliphatic rings. The van der Waals surface area contributed by atoms with Crippen LogP contribution in [-0.2, 0) is 27.5 Å². The van der Waals surface area contributed by atoms with Crippen LogP contribution in [0.15, 0.2) is 34.5 Å². The van der Waals surface area contributed by atoms with Gasteiger partial charge in [-0.3, -0.25) is 0 Å². The normalized spacial score (nSPS) is 12.6. The number of hydrogen-bond donors (Lipinski definition) is 0. The lowest BCUT2D eigenvalue weighted by Gasteiger charge is -2.22. The molecular weight excluding hydrogens is 429 g/mol. The molecule has 0 saturated carbocycles. The highest BCUT2D eigenvalue weighted by molar-refractivity contribution is 7.89. The van der Waals surface area contributed by atoms with Crippen molar-refractivity contribution < 1.29 is 31.1 Å². The van der Waals surface area contributed by atoms with E-state index in [0.717, 1.165) is 33.8 Å². The number of nitrogens with zero attached hydrogens (tertiary/aromatic N) is 2. The number of aromatic nitrogens is 1. The van der Waals surface area contributed by atoms with E-state index in [2.05, 4.69) is 9.72 Å². The first kappa shape index (κ1) is 23.3. The van der Waals surface area contributed by atoms with Crippen LogP contribution in [0.4, 0.5) is 13.2 Å². The van der Waals surface area contributed by atoms with Crippen molar-refractivity contribution in [2.45, 2.75) is 37.9 Å². The number of rotatable bonds is 8. The molecule has 0 atom stereocenters. The summed E-state index contributed by atoms with van der Waals surface area (Å²) in [5.74, 6) is -0.474. The van der Waals surface area contributed by atoms with Crippen LogP contribution in [0.5, 0.6) is 0 Å². The van der Waals surface area contributed by atoms with Gasteiger partial charge in [0.25, 0.3) is 0 Å². The fraction of sp³-hybridized carbons (Fsp3) is 0.444. The second kappa shape index (κ2) is 9.23. The zero-order valence-electron chi connectivity index (χ0n) is 16.1. The lowest BCUT2D eigenvalue weighted by molar-refractivity contribution is -0.137. The standard InChI is InChI=1S/C18H21F3N2O4S2/c1-12(2)7-8-23(10-16-22-15(11-28-16)17(24)27-3)29(25,26)14-6-4-5-13(9-14)18(19,20)21/h4-6,9,11-12H,7-8,10H2,1-3H3. The number of hydrogen-bond acceptors (Lipinski definition) is 6. The van der Waals surface area contributed by atoms with Gasteiger partial charge < -0.3 is 4.74 Å². The molecule has 0 saturated heterocycles. The summed E-state index contributed by atoms with van der Waals surface area (Å²) in [7, 11) is -3.01. The maximum atomic E-state index is 13.1. The first-order chi connectivity index (χ1) is 13.4. The highest BCUT2D eigenvalue weighted by atomic mass is 32.2. The van der Waals surface area contributed by atoms with Crippen LogP contribution in [-0.4, -0.2) is 37.3 Å². The number of sulfonamides is 1. The fourth-order valence-electron chi connectivity index (χ4n) is 2.40. The van der Waals surface area contributed by atoms with E-state index in [1.54, 1.807) is 0 Å². The molecule has 0 fully saturated rings. The number of ether oxygens (including phenoxy) is 1. The Bertz CT molecular complexity index is 956. The highest BCUT2D eigenvalue weighted by Gasteiger charge is 2.33. The van der Waals surface area contributed by atoms with Crippen molar-refractivity contribution in [1.82, 2.24) is 9.29 Å². The van der Waals surface area contributed by atoms with Crippen molar-refractivity contribution in [3.05, 3.63) is 45.9 Å². The van der Waals surface area contributed by atoms with Gasteiger partial charge in [-0.25, -0.2) is 18.2 Å². The van der Waals surface area contributed by atoms with Gasteiger partial charge in [0.1, 0.15) is 5.01 Å². The Morgan fingerprint density at radius 2 is 2.00 bits per heavy atom. The van der Waals surface area contributed by atoms with Crippen LogP contribution < -0.4 is 0 Å². The Morgan fingerprint density at radius 1 is 1.31 bits per heavy atom. The third-order valence-corrected chi connectivity index (χ3v) is 6.69. The molecule has 11 heteroatoms. The molecule has 2 aromatic rings. The van der Waals surface area contributed by atoms with E-state index in [1.807, 2.05) is 13.8 Å². The van der Waals surface area contributed by atoms with Crippen molar-refractivity contribution in [2.75, 3.05) is 13.7 Å². The number of thiazole rings is 1. The molecule has 6 nitrogen and oxygen atoms in total. The maximum absolute atomic E-state index is 13.1. The van der Waals surface area contributed by atoms with E-state index in [4.69, 9.17) is 0 Å². The second-order valence-corrected chi connectivity index (χ2v) is 9.55. The smallest absolute Gasteiger partial charge is 0.416 e. The minimum Gasteiger partial charge on any atom is -0.464 e. The quantitative estimate of drug-likeness (QED) is 0.564. The number of methoxy groups -OCH3 is 1. The first-order valence-electron chi connectivity index (χ1n) is 8.65. The summed E-state index contributed by atoms with van der Waals surface area (Å²) in [6.45, 7) is 3.76. The van der Waals surface area contributed by atoms with Gasteiger partial charge in [-0.2, -0.15) is 17.5 Å². The summed E-state index contributed by atoms with van der Waals surface area (Å²) in [4.78, 5) is 15.2. The molecule has 0 radical (unpaired) electrons. The number of carbonyl (C=O) groups is 1. The largest absolute Gasteiger partial charge is 0.464 e. The summed E-state index contributed by atoms with van der Waals surface area (Å²) in [5, 5.41) is 1.78. The molecule has 2 rings (SSSR count). The molecule has 1 heterocycles. The van der Waals surface area contributed by atoms with Gasteiger partial charge in [0.05, 0.1) is 24.1 Å². The highest BCUT2D eigenvalue weighted by Crippen LogP contribution is 2.31. The average Bonchev–Trinajstić information content (AvgIpc) is 3.12. The van der Waals surface area contributed by atoms with E-state index in [-0.39, 0.29) is 24.7 Å². The van der Waals surface area contributed by atoms with E-state index in [1.165, 1.54) is 12.5 Å². The van der Waals surface area contributed by atoms with Crippen LogP contribution in [0.2, 0.25) is 0 Å². The number of carbonyl (C=O) groups excluding carboxylic acids is 1. The van der Waals surface area contributed by atoms with Crippen molar-refractivity contribution in [3.8, 4) is 0 Å². The van der Waals surface area contributed by atoms with Gasteiger partial charge in [-0.15, -0.1) is 11.3 Å². The Kier molecular flexibility index (Phi) is 7.41. The molecule has 1 aromatic heterocycles. The molecule has 29 heavy (non-hydrogen) atoms. The molecule has 0 spiro atoms. The van der Waals surface area contributed by atoms with Crippen LogP contribution in [0.25, 0.3) is 0 Å².